The van der Waals surface area contributed by atoms with E-state index in [0.717, 1.165) is 33.2 Å². The minimum absolute atomic E-state index is 0.656. The maximum Gasteiger partial charge on any atom is 0.164 e. The molecule has 0 amide bonds. The fourth-order valence-electron chi connectivity index (χ4n) is 7.69. The fourth-order valence-corrected chi connectivity index (χ4v) is 8.87. The van der Waals surface area contributed by atoms with Crippen molar-refractivity contribution >= 4 is 74.9 Å². The third kappa shape index (κ3) is 4.08. The number of nitrogens with zero attached hydrogens (tertiary/aromatic N) is 4. The van der Waals surface area contributed by atoms with Gasteiger partial charge in [0.2, 0.25) is 0 Å². The van der Waals surface area contributed by atoms with Gasteiger partial charge in [0, 0.05) is 53.3 Å². The summed E-state index contributed by atoms with van der Waals surface area (Å²) in [5, 5.41) is 10.2. The SMILES string of the molecule is c1ccc(-c2nc(-c3ccccc3)nc(-c3ccc4cc(-n5c6ccc7cccc8sc9cccc%10ccc5c(c%109)c6c78)ccc4c3)n2)cc1. The standard InChI is InChI=1S/C45H26N4S/c1-3-9-29(10-4-1)43-46-44(30-11-5-2-6-12-30)48-45(47-43)33-18-17-32-26-34(22-19-31(32)25-33)49-35-23-20-27-13-7-15-37-39(27)41(35)42-36(49)24-21-28-14-8-16-38(50-37)40(28)42/h1-26H. The van der Waals surface area contributed by atoms with Gasteiger partial charge in [0.15, 0.2) is 17.5 Å². The Hall–Kier alpha value is -6.43. The van der Waals surface area contributed by atoms with E-state index in [0.29, 0.717) is 17.5 Å². The van der Waals surface area contributed by atoms with Gasteiger partial charge >= 0.3 is 0 Å². The van der Waals surface area contributed by atoms with E-state index in [1.807, 2.05) is 72.0 Å². The molecule has 0 saturated carbocycles. The summed E-state index contributed by atoms with van der Waals surface area (Å²) < 4.78 is 5.07. The van der Waals surface area contributed by atoms with E-state index in [1.54, 1.807) is 0 Å². The summed E-state index contributed by atoms with van der Waals surface area (Å²) in [6.45, 7) is 0. The van der Waals surface area contributed by atoms with Crippen LogP contribution in [0, 0.1) is 0 Å². The Morgan fingerprint density at radius 2 is 0.860 bits per heavy atom. The number of aromatic nitrogens is 4. The molecule has 50 heavy (non-hydrogen) atoms. The van der Waals surface area contributed by atoms with Crippen LogP contribution in [0.5, 0.6) is 0 Å². The van der Waals surface area contributed by atoms with Crippen LogP contribution in [0.1, 0.15) is 0 Å². The van der Waals surface area contributed by atoms with Gasteiger partial charge in [-0.05, 0) is 64.0 Å². The number of fused-ring (bicyclic) bond motifs is 1. The molecule has 232 valence electrons. The Labute approximate surface area is 290 Å². The Morgan fingerprint density at radius 1 is 0.360 bits per heavy atom. The molecule has 5 heteroatoms. The highest BCUT2D eigenvalue weighted by molar-refractivity contribution is 7.24. The van der Waals surface area contributed by atoms with Crippen molar-refractivity contribution < 1.29 is 0 Å². The first-order chi connectivity index (χ1) is 24.8. The normalized spacial score (nSPS) is 12.0. The van der Waals surface area contributed by atoms with Crippen molar-refractivity contribution in [3.8, 4) is 39.9 Å². The van der Waals surface area contributed by atoms with Gasteiger partial charge in [-0.2, -0.15) is 0 Å². The molecule has 8 aromatic carbocycles. The molecule has 0 radical (unpaired) electrons. The van der Waals surface area contributed by atoms with Crippen molar-refractivity contribution in [1.29, 1.82) is 0 Å². The smallest absolute Gasteiger partial charge is 0.164 e. The van der Waals surface area contributed by atoms with Crippen molar-refractivity contribution in [3.63, 3.8) is 0 Å². The largest absolute Gasteiger partial charge is 0.309 e. The Balaban J connectivity index is 1.11. The zero-order valence-electron chi connectivity index (χ0n) is 26.7. The molecule has 0 unspecified atom stereocenters. The highest BCUT2D eigenvalue weighted by Gasteiger charge is 2.21. The van der Waals surface area contributed by atoms with Gasteiger partial charge in [0.05, 0.1) is 11.0 Å². The van der Waals surface area contributed by atoms with Crippen LogP contribution in [0.2, 0.25) is 0 Å². The zero-order chi connectivity index (χ0) is 32.8. The first-order valence-corrected chi connectivity index (χ1v) is 17.6. The molecule has 0 aliphatic rings. The summed E-state index contributed by atoms with van der Waals surface area (Å²) in [4.78, 5) is 14.8. The van der Waals surface area contributed by atoms with Crippen molar-refractivity contribution in [1.82, 2.24) is 19.5 Å². The van der Waals surface area contributed by atoms with Crippen LogP contribution in [0.3, 0.4) is 0 Å². The monoisotopic (exact) mass is 654 g/mol. The summed E-state index contributed by atoms with van der Waals surface area (Å²) in [5.41, 5.74) is 6.48. The van der Waals surface area contributed by atoms with Crippen LogP contribution in [0.15, 0.2) is 158 Å². The predicted molar refractivity (Wildman–Crippen MR) is 210 cm³/mol. The molecule has 4 nitrogen and oxygen atoms in total. The third-order valence-electron chi connectivity index (χ3n) is 9.96. The lowest BCUT2D eigenvalue weighted by Crippen LogP contribution is -2.00. The third-order valence-corrected chi connectivity index (χ3v) is 11.1. The molecular formula is C45H26N4S. The van der Waals surface area contributed by atoms with Gasteiger partial charge in [-0.1, -0.05) is 115 Å². The van der Waals surface area contributed by atoms with E-state index in [9.17, 15) is 0 Å². The topological polar surface area (TPSA) is 43.6 Å². The molecule has 0 N–H and O–H groups in total. The maximum absolute atomic E-state index is 4.97. The Morgan fingerprint density at radius 3 is 1.44 bits per heavy atom. The number of benzene rings is 8. The highest BCUT2D eigenvalue weighted by Crippen LogP contribution is 2.46. The lowest BCUT2D eigenvalue weighted by atomic mass is 10.00. The van der Waals surface area contributed by atoms with Crippen molar-refractivity contribution in [2.24, 2.45) is 0 Å². The molecule has 0 aliphatic heterocycles. The molecule has 0 aliphatic carbocycles. The Kier molecular flexibility index (Phi) is 5.80. The van der Waals surface area contributed by atoms with Gasteiger partial charge in [-0.25, -0.2) is 15.0 Å². The van der Waals surface area contributed by atoms with Gasteiger partial charge in [0.1, 0.15) is 0 Å². The second-order valence-corrected chi connectivity index (χ2v) is 13.9. The zero-order valence-corrected chi connectivity index (χ0v) is 27.5. The average molecular weight is 655 g/mol. The van der Waals surface area contributed by atoms with Crippen LogP contribution < -0.4 is 0 Å². The second kappa shape index (κ2) is 10.5. The highest BCUT2D eigenvalue weighted by atomic mass is 32.1. The molecule has 0 saturated heterocycles. The summed E-state index contributed by atoms with van der Waals surface area (Å²) in [6, 6.07) is 56.1. The van der Waals surface area contributed by atoms with Gasteiger partial charge in [0.25, 0.3) is 0 Å². The second-order valence-electron chi connectivity index (χ2n) is 12.8. The molecule has 3 aromatic heterocycles. The molecule has 0 atom stereocenters. The number of rotatable bonds is 4. The quantitative estimate of drug-likeness (QED) is 0.190. The van der Waals surface area contributed by atoms with Crippen LogP contribution in [0.25, 0.3) is 103 Å². The van der Waals surface area contributed by atoms with E-state index >= 15 is 0 Å². The number of hydrogen-bond acceptors (Lipinski definition) is 4. The average Bonchev–Trinajstić information content (AvgIpc) is 3.44. The lowest BCUT2D eigenvalue weighted by Gasteiger charge is -2.12. The van der Waals surface area contributed by atoms with Crippen molar-refractivity contribution in [2.75, 3.05) is 0 Å². The summed E-state index contributed by atoms with van der Waals surface area (Å²) in [5.74, 6) is 1.98. The summed E-state index contributed by atoms with van der Waals surface area (Å²) in [6.07, 6.45) is 0. The minimum Gasteiger partial charge on any atom is -0.309 e. The summed E-state index contributed by atoms with van der Waals surface area (Å²) in [7, 11) is 0. The molecular weight excluding hydrogens is 629 g/mol. The first-order valence-electron chi connectivity index (χ1n) is 16.8. The first kappa shape index (κ1) is 27.5. The van der Waals surface area contributed by atoms with E-state index in [2.05, 4.69) is 102 Å². The van der Waals surface area contributed by atoms with Crippen LogP contribution in [-0.4, -0.2) is 19.5 Å². The predicted octanol–water partition coefficient (Wildman–Crippen LogP) is 12.1. The van der Waals surface area contributed by atoms with E-state index in [-0.39, 0.29) is 0 Å². The fraction of sp³-hybridized carbons (Fsp3) is 0. The number of hydrogen-bond donors (Lipinski definition) is 0. The molecule has 11 aromatic rings. The van der Waals surface area contributed by atoms with Gasteiger partial charge in [-0.15, -0.1) is 11.3 Å². The minimum atomic E-state index is 0.656. The molecule has 0 fully saturated rings. The van der Waals surface area contributed by atoms with Gasteiger partial charge < -0.3 is 4.57 Å². The van der Waals surface area contributed by atoms with Crippen LogP contribution in [-0.2, 0) is 0 Å². The van der Waals surface area contributed by atoms with Crippen LogP contribution in [0.4, 0.5) is 0 Å². The summed E-state index contributed by atoms with van der Waals surface area (Å²) >= 11 is 1.89. The molecule has 3 heterocycles. The molecule has 0 spiro atoms. The van der Waals surface area contributed by atoms with E-state index in [1.165, 1.54) is 52.8 Å². The Bertz CT molecular complexity index is 2930. The van der Waals surface area contributed by atoms with E-state index in [4.69, 9.17) is 15.0 Å². The maximum atomic E-state index is 4.97. The molecule has 11 rings (SSSR count). The van der Waals surface area contributed by atoms with Crippen LogP contribution >= 0.6 is 11.3 Å². The lowest BCUT2D eigenvalue weighted by molar-refractivity contribution is 1.07. The van der Waals surface area contributed by atoms with Crippen molar-refractivity contribution in [2.45, 2.75) is 0 Å². The molecule has 0 bridgehead atoms. The van der Waals surface area contributed by atoms with E-state index < -0.39 is 0 Å². The van der Waals surface area contributed by atoms with Gasteiger partial charge in [-0.3, -0.25) is 0 Å². The van der Waals surface area contributed by atoms with Crippen molar-refractivity contribution in [3.05, 3.63) is 158 Å².